The van der Waals surface area contributed by atoms with Crippen LogP contribution >= 0.6 is 23.2 Å². The van der Waals surface area contributed by atoms with E-state index >= 15 is 0 Å². The third-order valence-electron chi connectivity index (χ3n) is 6.19. The van der Waals surface area contributed by atoms with Gasteiger partial charge in [-0.1, -0.05) is 52.9 Å². The molecule has 1 unspecified atom stereocenters. The maximum absolute atomic E-state index is 13.4. The molecule has 168 valence electrons. The molecular weight excluding hydrogens is 448 g/mol. The molecule has 2 aliphatic heterocycles. The van der Waals surface area contributed by atoms with Crippen molar-refractivity contribution >= 4 is 54.0 Å². The van der Waals surface area contributed by atoms with Gasteiger partial charge in [0.1, 0.15) is 20.1 Å². The Morgan fingerprint density at radius 1 is 1.16 bits per heavy atom. The van der Waals surface area contributed by atoms with Crippen molar-refractivity contribution in [3.63, 3.8) is 0 Å². The quantitative estimate of drug-likeness (QED) is 0.604. The van der Waals surface area contributed by atoms with Crippen LogP contribution in [0.15, 0.2) is 36.4 Å². The second-order valence-electron chi connectivity index (χ2n) is 8.44. The molecule has 0 spiro atoms. The van der Waals surface area contributed by atoms with Gasteiger partial charge in [0.25, 0.3) is 5.91 Å². The maximum Gasteiger partial charge on any atom is 0.265 e. The number of carbonyl (C=O) groups is 2. The molecule has 6 nitrogen and oxygen atoms in total. The fraction of sp³-hybridized carbons (Fsp3) is 0.391. The fourth-order valence-electron chi connectivity index (χ4n) is 4.24. The number of likely N-dealkylation sites (N-methyl/N-ethyl adjacent to an activating group) is 1. The molecule has 2 heterocycles. The highest BCUT2D eigenvalue weighted by Crippen LogP contribution is 2.39. The zero-order valence-corrected chi connectivity index (χ0v) is 19.8. The highest BCUT2D eigenvalue weighted by atomic mass is 35.5. The minimum atomic E-state index is -0.288. The number of halogens is 2. The fourth-order valence-corrected chi connectivity index (χ4v) is 4.55. The maximum atomic E-state index is 13.4. The van der Waals surface area contributed by atoms with Crippen LogP contribution in [0.4, 0.5) is 5.69 Å². The summed E-state index contributed by atoms with van der Waals surface area (Å²) in [4.78, 5) is 31.6. The van der Waals surface area contributed by atoms with Crippen molar-refractivity contribution in [2.45, 2.75) is 18.9 Å². The van der Waals surface area contributed by atoms with Gasteiger partial charge in [0, 0.05) is 19.7 Å². The van der Waals surface area contributed by atoms with Gasteiger partial charge < -0.3 is 14.5 Å². The van der Waals surface area contributed by atoms with Gasteiger partial charge in [0.15, 0.2) is 6.61 Å². The number of ether oxygens (including phenoxy) is 1. The van der Waals surface area contributed by atoms with Crippen molar-refractivity contribution in [3.8, 4) is 5.75 Å². The highest BCUT2D eigenvalue weighted by molar-refractivity contribution is 6.42. The van der Waals surface area contributed by atoms with Gasteiger partial charge in [0.2, 0.25) is 5.91 Å². The minimum Gasteiger partial charge on any atom is -0.482 e. The molecule has 2 amide bonds. The normalized spacial score (nSPS) is 17.1. The van der Waals surface area contributed by atoms with E-state index in [1.807, 2.05) is 14.9 Å². The molecule has 2 aromatic carbocycles. The average Bonchev–Trinajstić information content (AvgIpc) is 3.29. The molecule has 1 fully saturated rings. The average molecular weight is 474 g/mol. The van der Waals surface area contributed by atoms with Crippen molar-refractivity contribution in [3.05, 3.63) is 52.0 Å². The van der Waals surface area contributed by atoms with Crippen molar-refractivity contribution in [2.24, 2.45) is 0 Å². The SMILES string of the molecule is Bc1ccc(C(CN2CCCC2)N(C)C(=O)CN2C(=O)COc3cc(Cl)c(Cl)cc32)cc1. The monoisotopic (exact) mass is 473 g/mol. The summed E-state index contributed by atoms with van der Waals surface area (Å²) >= 11 is 12.3. The number of fused-ring (bicyclic) bond motifs is 1. The molecule has 0 aliphatic carbocycles. The van der Waals surface area contributed by atoms with E-state index in [9.17, 15) is 9.59 Å². The minimum absolute atomic E-state index is 0.0913. The lowest BCUT2D eigenvalue weighted by atomic mass is 9.93. The molecular formula is C23H26BCl2N3O3. The molecule has 1 atom stereocenters. The first-order chi connectivity index (χ1) is 15.3. The molecule has 2 aromatic rings. The number of benzene rings is 2. The van der Waals surface area contributed by atoms with Crippen molar-refractivity contribution in [2.75, 3.05) is 44.7 Å². The molecule has 0 aromatic heterocycles. The Morgan fingerprint density at radius 3 is 2.50 bits per heavy atom. The van der Waals surface area contributed by atoms with Crippen molar-refractivity contribution in [1.82, 2.24) is 9.80 Å². The largest absolute Gasteiger partial charge is 0.482 e. The number of anilines is 1. The van der Waals surface area contributed by atoms with E-state index in [0.29, 0.717) is 21.5 Å². The van der Waals surface area contributed by atoms with Crippen LogP contribution in [0, 0.1) is 0 Å². The number of rotatable bonds is 6. The molecule has 0 N–H and O–H groups in total. The molecule has 32 heavy (non-hydrogen) atoms. The second-order valence-corrected chi connectivity index (χ2v) is 9.26. The van der Waals surface area contributed by atoms with Crippen LogP contribution in [0.25, 0.3) is 0 Å². The molecule has 0 saturated carbocycles. The van der Waals surface area contributed by atoms with E-state index < -0.39 is 0 Å². The van der Waals surface area contributed by atoms with Gasteiger partial charge in [-0.2, -0.15) is 0 Å². The smallest absolute Gasteiger partial charge is 0.265 e. The number of nitrogens with zero attached hydrogens (tertiary/aromatic N) is 3. The number of hydrogen-bond acceptors (Lipinski definition) is 4. The summed E-state index contributed by atoms with van der Waals surface area (Å²) in [5, 5.41) is 0.647. The lowest BCUT2D eigenvalue weighted by Gasteiger charge is -2.35. The Labute approximate surface area is 199 Å². The molecule has 9 heteroatoms. The third-order valence-corrected chi connectivity index (χ3v) is 6.91. The molecule has 0 bridgehead atoms. The van der Waals surface area contributed by atoms with Crippen LogP contribution in [0.1, 0.15) is 24.4 Å². The van der Waals surface area contributed by atoms with E-state index in [4.69, 9.17) is 27.9 Å². The summed E-state index contributed by atoms with van der Waals surface area (Å²) in [6, 6.07) is 11.3. The van der Waals surface area contributed by atoms with Crippen LogP contribution in [-0.2, 0) is 9.59 Å². The van der Waals surface area contributed by atoms with Crippen LogP contribution in [0.2, 0.25) is 10.0 Å². The zero-order valence-electron chi connectivity index (χ0n) is 18.3. The summed E-state index contributed by atoms with van der Waals surface area (Å²) in [7, 11) is 3.86. The van der Waals surface area contributed by atoms with Gasteiger partial charge in [-0.25, -0.2) is 0 Å². The van der Waals surface area contributed by atoms with Crippen LogP contribution in [-0.4, -0.2) is 69.3 Å². The van der Waals surface area contributed by atoms with Crippen molar-refractivity contribution in [1.29, 1.82) is 0 Å². The molecule has 2 aliphatic rings. The Bertz CT molecular complexity index is 1010. The summed E-state index contributed by atoms with van der Waals surface area (Å²) in [5.41, 5.74) is 2.72. The Balaban J connectivity index is 1.57. The molecule has 4 rings (SSSR count). The molecule has 1 saturated heterocycles. The highest BCUT2D eigenvalue weighted by Gasteiger charge is 2.32. The van der Waals surface area contributed by atoms with Gasteiger partial charge >= 0.3 is 0 Å². The van der Waals surface area contributed by atoms with E-state index in [1.54, 1.807) is 17.0 Å². The standard InChI is InChI=1S/C23H26BCl2N3O3/c1-27(20(12-28-8-2-3-9-28)15-4-6-16(24)7-5-15)22(30)13-29-19-10-17(25)18(26)11-21(19)32-14-23(29)31/h4-7,10-11,20H,2-3,8-9,12-14,24H2,1H3. The number of likely N-dealkylation sites (tertiary alicyclic amines) is 1. The summed E-state index contributed by atoms with van der Waals surface area (Å²) in [5.74, 6) is 0.00715. The number of amides is 2. The first kappa shape index (κ1) is 23.0. The lowest BCUT2D eigenvalue weighted by molar-refractivity contribution is -0.133. The Kier molecular flexibility index (Phi) is 6.98. The van der Waals surface area contributed by atoms with Gasteiger partial charge in [-0.3, -0.25) is 14.5 Å². The summed E-state index contributed by atoms with van der Waals surface area (Å²) < 4.78 is 5.49. The third kappa shape index (κ3) is 4.90. The van der Waals surface area contributed by atoms with Gasteiger partial charge in [0.05, 0.1) is 21.8 Å². The zero-order chi connectivity index (χ0) is 22.8. The van der Waals surface area contributed by atoms with Crippen molar-refractivity contribution < 1.29 is 14.3 Å². The predicted molar refractivity (Wildman–Crippen MR) is 130 cm³/mol. The van der Waals surface area contributed by atoms with E-state index in [2.05, 4.69) is 29.2 Å². The van der Waals surface area contributed by atoms with E-state index in [1.165, 1.54) is 23.2 Å². The van der Waals surface area contributed by atoms with Gasteiger partial charge in [-0.05, 0) is 37.6 Å². The Morgan fingerprint density at radius 2 is 1.81 bits per heavy atom. The second kappa shape index (κ2) is 9.73. The van der Waals surface area contributed by atoms with E-state index in [0.717, 1.165) is 25.2 Å². The van der Waals surface area contributed by atoms with E-state index in [-0.39, 0.29) is 31.0 Å². The lowest BCUT2D eigenvalue weighted by Crippen LogP contribution is -2.47. The summed E-state index contributed by atoms with van der Waals surface area (Å²) in [6.07, 6.45) is 2.36. The van der Waals surface area contributed by atoms with Crippen LogP contribution in [0.3, 0.4) is 0 Å². The van der Waals surface area contributed by atoms with Crippen LogP contribution < -0.4 is 15.1 Å². The summed E-state index contributed by atoms with van der Waals surface area (Å²) in [6.45, 7) is 2.61. The first-order valence-corrected chi connectivity index (χ1v) is 11.6. The topological polar surface area (TPSA) is 53.1 Å². The molecule has 0 radical (unpaired) electrons. The number of hydrogen-bond donors (Lipinski definition) is 0. The van der Waals surface area contributed by atoms with Crippen LogP contribution in [0.5, 0.6) is 5.75 Å². The van der Waals surface area contributed by atoms with Gasteiger partial charge in [-0.15, -0.1) is 0 Å². The first-order valence-electron chi connectivity index (χ1n) is 10.8. The number of carbonyl (C=O) groups excluding carboxylic acids is 2. The predicted octanol–water partition coefficient (Wildman–Crippen LogP) is 2.27. The Hall–Kier alpha value is -2.22.